The van der Waals surface area contributed by atoms with E-state index in [1.165, 1.54) is 29.6 Å². The molecule has 1 aromatic carbocycles. The number of amides is 1. The van der Waals surface area contributed by atoms with Crippen LogP contribution >= 0.6 is 0 Å². The van der Waals surface area contributed by atoms with Gasteiger partial charge in [-0.15, -0.1) is 5.10 Å². The number of carbonyl (C=O) groups excluding carboxylic acids is 2. The van der Waals surface area contributed by atoms with Crippen LogP contribution in [0, 0.1) is 19.7 Å². The number of nitrogens with one attached hydrogen (secondary N) is 1. The van der Waals surface area contributed by atoms with E-state index in [0.717, 1.165) is 11.4 Å². The third kappa shape index (κ3) is 3.51. The van der Waals surface area contributed by atoms with Crippen molar-refractivity contribution in [3.63, 3.8) is 0 Å². The van der Waals surface area contributed by atoms with E-state index in [9.17, 15) is 14.0 Å². The van der Waals surface area contributed by atoms with E-state index < -0.39 is 23.8 Å². The topological polar surface area (TPSA) is 98.5 Å². The number of nitrogens with zero attached hydrogens (tertiary/aromatic N) is 4. The number of halogens is 1. The number of carbonyl (C=O) groups is 2. The predicted molar refractivity (Wildman–Crippen MR) is 90.2 cm³/mol. The minimum Gasteiger partial charge on any atom is -0.447 e. The smallest absolute Gasteiger partial charge is 0.379 e. The molecule has 0 aliphatic rings. The molecule has 1 unspecified atom stereocenters. The Morgan fingerprint density at radius 2 is 1.96 bits per heavy atom. The first-order valence-corrected chi connectivity index (χ1v) is 7.82. The highest BCUT2D eigenvalue weighted by Crippen LogP contribution is 2.13. The maximum absolute atomic E-state index is 13.6. The Kier molecular flexibility index (Phi) is 4.61. The molecular formula is C17H16FN5O3. The highest BCUT2D eigenvalue weighted by Gasteiger charge is 2.23. The Bertz CT molecular complexity index is 1000. The minimum absolute atomic E-state index is 0.00144. The number of benzene rings is 1. The van der Waals surface area contributed by atoms with E-state index in [0.29, 0.717) is 0 Å². The molecule has 0 bridgehead atoms. The number of para-hydroxylation sites is 1. The van der Waals surface area contributed by atoms with Gasteiger partial charge in [-0.25, -0.2) is 18.7 Å². The van der Waals surface area contributed by atoms with Crippen LogP contribution in [0.15, 0.2) is 30.3 Å². The van der Waals surface area contributed by atoms with Crippen molar-refractivity contribution in [2.24, 2.45) is 0 Å². The van der Waals surface area contributed by atoms with Gasteiger partial charge >= 0.3 is 5.97 Å². The van der Waals surface area contributed by atoms with Crippen LogP contribution in [-0.4, -0.2) is 37.6 Å². The zero-order valence-electron chi connectivity index (χ0n) is 14.4. The average Bonchev–Trinajstić information content (AvgIpc) is 3.01. The van der Waals surface area contributed by atoms with Gasteiger partial charge in [0.25, 0.3) is 17.5 Å². The predicted octanol–water partition coefficient (Wildman–Crippen LogP) is 2.06. The molecule has 1 atom stereocenters. The highest BCUT2D eigenvalue weighted by atomic mass is 19.1. The second-order valence-corrected chi connectivity index (χ2v) is 5.70. The number of esters is 1. The van der Waals surface area contributed by atoms with E-state index in [4.69, 9.17) is 4.74 Å². The van der Waals surface area contributed by atoms with Gasteiger partial charge in [0.05, 0.1) is 5.69 Å². The zero-order valence-corrected chi connectivity index (χ0v) is 14.4. The number of anilines is 1. The highest BCUT2D eigenvalue weighted by molar-refractivity contribution is 5.96. The van der Waals surface area contributed by atoms with Gasteiger partial charge in [0.15, 0.2) is 6.10 Å². The van der Waals surface area contributed by atoms with E-state index in [-0.39, 0.29) is 17.3 Å². The van der Waals surface area contributed by atoms with Gasteiger partial charge in [0.1, 0.15) is 5.82 Å². The minimum atomic E-state index is -1.16. The molecule has 2 heterocycles. The van der Waals surface area contributed by atoms with Crippen LogP contribution in [0.4, 0.5) is 10.1 Å². The summed E-state index contributed by atoms with van der Waals surface area (Å²) in [5.74, 6) is -2.07. The molecule has 0 radical (unpaired) electrons. The van der Waals surface area contributed by atoms with Crippen LogP contribution in [-0.2, 0) is 9.53 Å². The van der Waals surface area contributed by atoms with Crippen molar-refractivity contribution in [3.8, 4) is 0 Å². The first-order chi connectivity index (χ1) is 12.3. The summed E-state index contributed by atoms with van der Waals surface area (Å²) in [5, 5.41) is 6.40. The third-order valence-electron chi connectivity index (χ3n) is 3.59. The van der Waals surface area contributed by atoms with Crippen molar-refractivity contribution in [1.29, 1.82) is 0 Å². The third-order valence-corrected chi connectivity index (χ3v) is 3.59. The number of hydrogen-bond acceptors (Lipinski definition) is 6. The SMILES string of the molecule is Cc1cc(C)n2nc(C(=O)OC(C)C(=O)Nc3ccccc3F)nc2n1. The van der Waals surface area contributed by atoms with Gasteiger partial charge in [0, 0.05) is 11.4 Å². The molecule has 0 aliphatic heterocycles. The second-order valence-electron chi connectivity index (χ2n) is 5.70. The molecular weight excluding hydrogens is 341 g/mol. The van der Waals surface area contributed by atoms with E-state index in [2.05, 4.69) is 20.4 Å². The summed E-state index contributed by atoms with van der Waals surface area (Å²) in [5.41, 5.74) is 1.49. The van der Waals surface area contributed by atoms with Crippen molar-refractivity contribution in [2.75, 3.05) is 5.32 Å². The van der Waals surface area contributed by atoms with Crippen molar-refractivity contribution >= 4 is 23.3 Å². The summed E-state index contributed by atoms with van der Waals surface area (Å²) in [7, 11) is 0. The van der Waals surface area contributed by atoms with Crippen molar-refractivity contribution in [2.45, 2.75) is 26.9 Å². The molecule has 1 amide bonds. The lowest BCUT2D eigenvalue weighted by molar-refractivity contribution is -0.123. The lowest BCUT2D eigenvalue weighted by Crippen LogP contribution is -2.30. The first-order valence-electron chi connectivity index (χ1n) is 7.82. The number of aryl methyl sites for hydroxylation is 2. The quantitative estimate of drug-likeness (QED) is 0.718. The van der Waals surface area contributed by atoms with Crippen LogP contribution in [0.5, 0.6) is 0 Å². The molecule has 0 fully saturated rings. The molecule has 2 aromatic heterocycles. The van der Waals surface area contributed by atoms with Crippen LogP contribution in [0.2, 0.25) is 0 Å². The number of fused-ring (bicyclic) bond motifs is 1. The Hall–Kier alpha value is -3.36. The Labute approximate surface area is 148 Å². The van der Waals surface area contributed by atoms with Crippen molar-refractivity contribution in [3.05, 3.63) is 53.4 Å². The number of rotatable bonds is 4. The lowest BCUT2D eigenvalue weighted by Gasteiger charge is -2.12. The van der Waals surface area contributed by atoms with Crippen LogP contribution in [0.1, 0.15) is 28.9 Å². The van der Waals surface area contributed by atoms with Crippen molar-refractivity contribution in [1.82, 2.24) is 19.6 Å². The molecule has 0 saturated carbocycles. The summed E-state index contributed by atoms with van der Waals surface area (Å²) in [6, 6.07) is 7.49. The molecule has 134 valence electrons. The normalized spacial score (nSPS) is 12.0. The lowest BCUT2D eigenvalue weighted by atomic mass is 10.3. The fourth-order valence-corrected chi connectivity index (χ4v) is 2.32. The number of aromatic nitrogens is 4. The van der Waals surface area contributed by atoms with Crippen LogP contribution in [0.25, 0.3) is 5.78 Å². The fourth-order valence-electron chi connectivity index (χ4n) is 2.32. The monoisotopic (exact) mass is 357 g/mol. The van der Waals surface area contributed by atoms with E-state index in [1.807, 2.05) is 0 Å². The molecule has 0 spiro atoms. The Balaban J connectivity index is 1.72. The molecule has 0 aliphatic carbocycles. The molecule has 26 heavy (non-hydrogen) atoms. The van der Waals surface area contributed by atoms with Gasteiger partial charge < -0.3 is 10.1 Å². The van der Waals surface area contributed by atoms with Gasteiger partial charge in [0.2, 0.25) is 0 Å². The van der Waals surface area contributed by atoms with Crippen LogP contribution in [0.3, 0.4) is 0 Å². The molecule has 0 saturated heterocycles. The summed E-state index contributed by atoms with van der Waals surface area (Å²) in [6.45, 7) is 4.97. The molecule has 8 nitrogen and oxygen atoms in total. The summed E-state index contributed by atoms with van der Waals surface area (Å²) in [6.07, 6.45) is -1.16. The van der Waals surface area contributed by atoms with E-state index >= 15 is 0 Å². The maximum Gasteiger partial charge on any atom is 0.379 e. The second kappa shape index (κ2) is 6.87. The number of hydrogen-bond donors (Lipinski definition) is 1. The standard InChI is InChI=1S/C17H16FN5O3/c1-9-8-10(2)23-17(19-9)21-14(22-23)16(25)26-11(3)15(24)20-13-7-5-4-6-12(13)18/h4-8,11H,1-3H3,(H,20,24). The summed E-state index contributed by atoms with van der Waals surface area (Å²) >= 11 is 0. The summed E-state index contributed by atoms with van der Waals surface area (Å²) < 4.78 is 20.1. The maximum atomic E-state index is 13.6. The van der Waals surface area contributed by atoms with Crippen LogP contribution < -0.4 is 5.32 Å². The Morgan fingerprint density at radius 3 is 2.69 bits per heavy atom. The fraction of sp³-hybridized carbons (Fsp3) is 0.235. The zero-order chi connectivity index (χ0) is 18.8. The van der Waals surface area contributed by atoms with E-state index in [1.54, 1.807) is 26.0 Å². The average molecular weight is 357 g/mol. The molecule has 3 aromatic rings. The molecule has 3 rings (SSSR count). The summed E-state index contributed by atoms with van der Waals surface area (Å²) in [4.78, 5) is 32.5. The van der Waals surface area contributed by atoms with Crippen molar-refractivity contribution < 1.29 is 18.7 Å². The molecule has 1 N–H and O–H groups in total. The Morgan fingerprint density at radius 1 is 1.23 bits per heavy atom. The van der Waals surface area contributed by atoms with Gasteiger partial charge in [-0.3, -0.25) is 4.79 Å². The van der Waals surface area contributed by atoms with Gasteiger partial charge in [-0.05, 0) is 39.0 Å². The largest absolute Gasteiger partial charge is 0.447 e. The van der Waals surface area contributed by atoms with Gasteiger partial charge in [-0.2, -0.15) is 4.98 Å². The van der Waals surface area contributed by atoms with Gasteiger partial charge in [-0.1, -0.05) is 12.1 Å². The molecule has 9 heteroatoms. The first kappa shape index (κ1) is 17.5. The number of ether oxygens (including phenoxy) is 1.